The van der Waals surface area contributed by atoms with Crippen molar-refractivity contribution in [2.24, 2.45) is 0 Å². The van der Waals surface area contributed by atoms with Gasteiger partial charge in [-0.15, -0.1) is 0 Å². The number of nitrogens with zero attached hydrogens (tertiary/aromatic N) is 1. The maximum absolute atomic E-state index is 12.7. The molecule has 4 aromatic carbocycles. The first-order chi connectivity index (χ1) is 33.6. The fourth-order valence-corrected chi connectivity index (χ4v) is 11.7. The van der Waals surface area contributed by atoms with Crippen LogP contribution in [-0.2, 0) is 81.2 Å². The summed E-state index contributed by atoms with van der Waals surface area (Å²) >= 11 is 5.54. The molecule has 1 heterocycles. The summed E-state index contributed by atoms with van der Waals surface area (Å²) in [4.78, 5) is 23.2. The van der Waals surface area contributed by atoms with Gasteiger partial charge in [-0.2, -0.15) is 40.1 Å². The van der Waals surface area contributed by atoms with E-state index in [2.05, 4.69) is 13.0 Å². The molecule has 2 atom stereocenters. The second-order valence-electron chi connectivity index (χ2n) is 17.4. The number of carboxylic acid groups (broad SMARTS) is 2. The van der Waals surface area contributed by atoms with Crippen LogP contribution in [0.3, 0.4) is 0 Å². The number of hydrogen-bond donors (Lipinski definition) is 7. The molecular weight excluding hydrogens is 1100 g/mol. The van der Waals surface area contributed by atoms with Crippen molar-refractivity contribution in [2.75, 3.05) is 28.7 Å². The first-order valence-corrected chi connectivity index (χ1v) is 30.3. The molecule has 1 aliphatic heterocycles. The molecule has 20 nitrogen and oxygen atoms in total. The van der Waals surface area contributed by atoms with Crippen LogP contribution in [0.25, 0.3) is 21.5 Å². The molecular formula is C47H55NNiO19S5-2. The number of carboxylic acids is 2. The Bertz CT molecular complexity index is 3450. The first kappa shape index (κ1) is 60.8. The van der Waals surface area contributed by atoms with Crippen LogP contribution in [0.5, 0.6) is 0 Å². The predicted molar refractivity (Wildman–Crippen MR) is 271 cm³/mol. The summed E-state index contributed by atoms with van der Waals surface area (Å²) in [6.45, 7) is 6.97. The first-order valence-electron chi connectivity index (χ1n) is 22.1. The van der Waals surface area contributed by atoms with Gasteiger partial charge in [0.1, 0.15) is 0 Å². The van der Waals surface area contributed by atoms with Gasteiger partial charge in [0.05, 0.1) is 0 Å². The van der Waals surface area contributed by atoms with Crippen LogP contribution in [-0.4, -0.2) is 115 Å². The smallest absolute Gasteiger partial charge is 0.262 e. The molecule has 0 bridgehead atoms. The van der Waals surface area contributed by atoms with Crippen LogP contribution in [0.15, 0.2) is 100 Å². The van der Waals surface area contributed by atoms with Crippen LogP contribution in [0.2, 0.25) is 0 Å². The molecule has 73 heavy (non-hydrogen) atoms. The summed E-state index contributed by atoms with van der Waals surface area (Å²) < 4.78 is 165. The predicted octanol–water partition coefficient (Wildman–Crippen LogP) is 6.82. The second-order valence-corrected chi connectivity index (χ2v) is 25.5. The van der Waals surface area contributed by atoms with E-state index in [1.54, 1.807) is 68.5 Å². The molecule has 4 aromatic rings. The van der Waals surface area contributed by atoms with Gasteiger partial charge in [-0.3, -0.25) is 23.0 Å². The number of unbranched alkanes of at least 4 members (excludes halogenated alkanes) is 2. The van der Waals surface area contributed by atoms with Gasteiger partial charge in [0.2, 0.25) is 0 Å². The maximum atomic E-state index is 12.7. The van der Waals surface area contributed by atoms with Gasteiger partial charge < -0.3 is 12.0 Å². The van der Waals surface area contributed by atoms with Gasteiger partial charge in [0.25, 0.3) is 30.4 Å². The Kier molecular flexibility index (Phi) is 20.2. The molecule has 0 amide bonds. The van der Waals surface area contributed by atoms with Crippen molar-refractivity contribution >= 4 is 94.3 Å². The van der Waals surface area contributed by atoms with Crippen molar-refractivity contribution in [2.45, 2.75) is 92.3 Å². The zero-order chi connectivity index (χ0) is 55.0. The van der Waals surface area contributed by atoms with E-state index in [9.17, 15) is 80.1 Å². The van der Waals surface area contributed by atoms with Gasteiger partial charge in [0.15, 0.2) is 0 Å². The largest absolute Gasteiger partial charge is 0.342 e. The van der Waals surface area contributed by atoms with E-state index in [4.69, 9.17) is 19.6 Å². The number of anilines is 1. The number of allylic oxidation sites excluding steroid dienone is 6. The Labute approximate surface area is 432 Å². The van der Waals surface area contributed by atoms with Crippen LogP contribution < -0.4 is 4.90 Å². The quantitative estimate of drug-likeness (QED) is 0.0124. The average Bonchev–Trinajstić information content (AvgIpc) is 3.49. The summed E-state index contributed by atoms with van der Waals surface area (Å²) in [5, 5.41) is 19.9. The zero-order valence-corrected chi connectivity index (χ0v) is 44.4. The monoisotopic (exact) mass is 1160 g/mol. The maximum Gasteiger partial charge on any atom is 0.262 e. The van der Waals surface area contributed by atoms with Crippen LogP contribution in [0.1, 0.15) is 93.1 Å². The summed E-state index contributed by atoms with van der Waals surface area (Å²) in [5.74, 6) is -3.58. The Morgan fingerprint density at radius 3 is 1.93 bits per heavy atom. The second kappa shape index (κ2) is 24.3. The van der Waals surface area contributed by atoms with E-state index in [0.717, 1.165) is 6.07 Å². The summed E-state index contributed by atoms with van der Waals surface area (Å²) in [5.41, 5.74) is -0.475. The molecule has 0 saturated carbocycles. The van der Waals surface area contributed by atoms with Crippen molar-refractivity contribution < 1.29 is 99.7 Å². The SMILES string of the molecule is CC(CCCS(=O)(=O)O)([C](=[Ni])/C=C/C=C/C=C1/N(CCCCCC(=O)O)c2ccc3c(S(=O)(=O)O)cc(S(=O)(=O)O)cc3c2C1(C)CCCS(=O)(=O)O)c1[c-]ccc2cc(C(=O)O)ccc12.[CH2-]CCS(=O)(=O)O. The third kappa shape index (κ3) is 16.6. The number of rotatable bonds is 24. The van der Waals surface area contributed by atoms with Gasteiger partial charge in [0, 0.05) is 12.2 Å². The Morgan fingerprint density at radius 2 is 1.37 bits per heavy atom. The molecule has 0 aromatic heterocycles. The molecule has 0 spiro atoms. The van der Waals surface area contributed by atoms with E-state index >= 15 is 0 Å². The molecule has 1 aliphatic rings. The zero-order valence-electron chi connectivity index (χ0n) is 39.3. The standard InChI is InChI=1S/C44H48NO16S4.C3H7O3S.Ni/c1-43(22-11-25-62(50,51)52,36-14-10-13-30-27-31(42(48)49)17-18-33(30)36)21-8-4-3-6-15-39-44(2,23-12-26-63(53,54)55)41-35-28-32(64(56,57)58)29-38(65(59,60)61)34(35)19-20-37(41)45(39)24-9-5-7-16-40(46)47;1-2-3-7(4,5)6;/h3-4,6,8,10,13,15,17-20,27-29H,5,7,9,11-12,16,22-26H2,1-2H3,(H,46,47)(H,48,49)(H,50,51,52)(H,53,54,55)(H,56,57,58)(H,59,60,61);1-3H2,(H,4,5,6);/q2*-1;/b6-3+,8-4+,39-15+;;. The number of aliphatic carboxylic acids is 1. The topological polar surface area (TPSA) is 350 Å². The molecule has 0 fully saturated rings. The van der Waals surface area contributed by atoms with Gasteiger partial charge in [-0.25, -0.2) is 0 Å². The van der Waals surface area contributed by atoms with Crippen molar-refractivity contribution in [3.63, 3.8) is 0 Å². The molecule has 0 radical (unpaired) electrons. The molecule has 404 valence electrons. The molecule has 2 unspecified atom stereocenters. The van der Waals surface area contributed by atoms with Crippen molar-refractivity contribution in [3.05, 3.63) is 120 Å². The third-order valence-electron chi connectivity index (χ3n) is 12.0. The average molecular weight is 1160 g/mol. The summed E-state index contributed by atoms with van der Waals surface area (Å²) in [7, 11) is -22.7. The molecule has 0 aliphatic carbocycles. The normalized spacial score (nSPS) is 17.0. The Hall–Kier alpha value is -4.73. The number of fused-ring (bicyclic) bond motifs is 4. The van der Waals surface area contributed by atoms with Gasteiger partial charge in [-0.05, 0) is 6.07 Å². The van der Waals surface area contributed by atoms with Crippen molar-refractivity contribution in [1.82, 2.24) is 0 Å². The summed E-state index contributed by atoms with van der Waals surface area (Å²) in [6.07, 6.45) is 9.53. The van der Waals surface area contributed by atoms with Crippen molar-refractivity contribution in [1.29, 1.82) is 0 Å². The van der Waals surface area contributed by atoms with Crippen LogP contribution in [0, 0.1) is 13.0 Å². The number of aromatic carboxylic acids is 1. The molecule has 7 N–H and O–H groups in total. The van der Waals surface area contributed by atoms with E-state index < -0.39 is 94.7 Å². The Morgan fingerprint density at radius 1 is 0.740 bits per heavy atom. The minimum absolute atomic E-state index is 0.00250. The minimum Gasteiger partial charge on any atom is -0.342 e. The number of carbonyl (C=O) groups is 2. The molecule has 26 heteroatoms. The third-order valence-corrected chi connectivity index (χ3v) is 16.8. The molecule has 5 rings (SSSR count). The van der Waals surface area contributed by atoms with Gasteiger partial charge in [-0.1, -0.05) is 0 Å². The van der Waals surface area contributed by atoms with E-state index in [-0.39, 0.29) is 67.2 Å². The van der Waals surface area contributed by atoms with Crippen LogP contribution >= 0.6 is 0 Å². The minimum atomic E-state index is -5.10. The van der Waals surface area contributed by atoms with E-state index in [1.807, 2.05) is 4.90 Å². The van der Waals surface area contributed by atoms with E-state index in [1.165, 1.54) is 18.2 Å². The fourth-order valence-electron chi connectivity index (χ4n) is 8.66. The van der Waals surface area contributed by atoms with Crippen molar-refractivity contribution in [3.8, 4) is 0 Å². The molecule has 0 saturated heterocycles. The fraction of sp³-hybridized carbons (Fsp3) is 0.362. The Balaban J connectivity index is 0.00000153. The summed E-state index contributed by atoms with van der Waals surface area (Å²) in [6, 6.07) is 15.6. The van der Waals surface area contributed by atoms with Crippen LogP contribution in [0.4, 0.5) is 5.69 Å². The van der Waals surface area contributed by atoms with Gasteiger partial charge >= 0.3 is 312 Å². The number of hydrogen-bond acceptors (Lipinski definition) is 13. The number of benzene rings is 4. The van der Waals surface area contributed by atoms with E-state index in [0.29, 0.717) is 63.1 Å².